The van der Waals surface area contributed by atoms with Crippen molar-refractivity contribution in [3.63, 3.8) is 0 Å². The molecule has 0 fully saturated rings. The first-order valence-corrected chi connectivity index (χ1v) is 3.68. The van der Waals surface area contributed by atoms with E-state index in [1.54, 1.807) is 6.92 Å². The molecule has 0 spiro atoms. The topological polar surface area (TPSA) is 52.3 Å². The molecule has 0 aromatic rings. The van der Waals surface area contributed by atoms with Gasteiger partial charge < -0.3 is 10.5 Å². The van der Waals surface area contributed by atoms with Gasteiger partial charge in [-0.3, -0.25) is 9.18 Å². The van der Waals surface area contributed by atoms with Gasteiger partial charge in [-0.25, -0.2) is 0 Å². The Morgan fingerprint density at radius 1 is 1.67 bits per heavy atom. The number of ether oxygens (including phenoxy) is 1. The molecule has 0 radical (unpaired) electrons. The van der Waals surface area contributed by atoms with Gasteiger partial charge >= 0.3 is 5.97 Å². The maximum absolute atomic E-state index is 12.1. The van der Waals surface area contributed by atoms with Crippen LogP contribution in [0.15, 0.2) is 0 Å². The Bertz CT molecular complexity index is 124. The lowest BCUT2D eigenvalue weighted by molar-refractivity contribution is -0.148. The molecular formula is C7H15ClFNO2. The van der Waals surface area contributed by atoms with E-state index in [1.165, 1.54) is 0 Å². The second-order valence-corrected chi connectivity index (χ2v) is 2.18. The molecule has 0 aliphatic rings. The lowest BCUT2D eigenvalue weighted by atomic mass is 10.1. The van der Waals surface area contributed by atoms with Gasteiger partial charge in [0.05, 0.1) is 12.5 Å². The highest BCUT2D eigenvalue weighted by Gasteiger charge is 2.17. The summed E-state index contributed by atoms with van der Waals surface area (Å²) in [5.74, 6) is -1.15. The summed E-state index contributed by atoms with van der Waals surface area (Å²) < 4.78 is 16.7. The first-order valence-electron chi connectivity index (χ1n) is 3.68. The molecule has 2 N–H and O–H groups in total. The van der Waals surface area contributed by atoms with Gasteiger partial charge in [-0.15, -0.1) is 12.4 Å². The molecule has 0 aliphatic carbocycles. The number of alkyl halides is 1. The number of carbonyl (C=O) groups excluding carboxylic acids is 1. The fourth-order valence-electron chi connectivity index (χ4n) is 0.719. The second-order valence-electron chi connectivity index (χ2n) is 2.18. The van der Waals surface area contributed by atoms with Gasteiger partial charge in [0.2, 0.25) is 0 Å². The van der Waals surface area contributed by atoms with Crippen molar-refractivity contribution < 1.29 is 13.9 Å². The van der Waals surface area contributed by atoms with E-state index < -0.39 is 18.6 Å². The highest BCUT2D eigenvalue weighted by molar-refractivity contribution is 5.85. The summed E-state index contributed by atoms with van der Waals surface area (Å²) in [5.41, 5.74) is 5.16. The number of hydrogen-bond donors (Lipinski definition) is 1. The van der Waals surface area contributed by atoms with Crippen LogP contribution >= 0.6 is 12.4 Å². The van der Waals surface area contributed by atoms with Crippen LogP contribution in [0.2, 0.25) is 0 Å². The molecule has 0 heterocycles. The highest BCUT2D eigenvalue weighted by atomic mass is 35.5. The maximum atomic E-state index is 12.1. The molecule has 0 rings (SSSR count). The van der Waals surface area contributed by atoms with Crippen molar-refractivity contribution >= 4 is 18.4 Å². The van der Waals surface area contributed by atoms with Gasteiger partial charge in [0, 0.05) is 0 Å². The molecule has 1 atom stereocenters. The van der Waals surface area contributed by atoms with Crippen LogP contribution in [-0.2, 0) is 9.53 Å². The minimum Gasteiger partial charge on any atom is -0.466 e. The SMILES string of the molecule is CCOC(=O)C(CF)CCN.Cl. The molecular weight excluding hydrogens is 185 g/mol. The number of nitrogens with two attached hydrogens (primary N) is 1. The Labute approximate surface area is 77.9 Å². The van der Waals surface area contributed by atoms with Crippen LogP contribution in [0.25, 0.3) is 0 Å². The van der Waals surface area contributed by atoms with Crippen molar-refractivity contribution in [3.05, 3.63) is 0 Å². The van der Waals surface area contributed by atoms with Gasteiger partial charge in [0.15, 0.2) is 0 Å². The van der Waals surface area contributed by atoms with Gasteiger partial charge in [-0.2, -0.15) is 0 Å². The zero-order valence-corrected chi connectivity index (χ0v) is 7.90. The molecule has 0 aromatic carbocycles. The van der Waals surface area contributed by atoms with Crippen LogP contribution < -0.4 is 5.73 Å². The van der Waals surface area contributed by atoms with E-state index in [0.717, 1.165) is 0 Å². The van der Waals surface area contributed by atoms with Crippen molar-refractivity contribution in [2.24, 2.45) is 11.7 Å². The van der Waals surface area contributed by atoms with E-state index >= 15 is 0 Å². The lowest BCUT2D eigenvalue weighted by Gasteiger charge is -2.09. The summed E-state index contributed by atoms with van der Waals surface area (Å²) in [4.78, 5) is 10.8. The van der Waals surface area contributed by atoms with Gasteiger partial charge in [-0.05, 0) is 19.9 Å². The van der Waals surface area contributed by atoms with Crippen LogP contribution in [0.3, 0.4) is 0 Å². The molecule has 0 aromatic heterocycles. The predicted molar refractivity (Wildman–Crippen MR) is 47.0 cm³/mol. The minimum atomic E-state index is -0.684. The first-order chi connectivity index (χ1) is 5.26. The van der Waals surface area contributed by atoms with Crippen LogP contribution in [-0.4, -0.2) is 25.8 Å². The van der Waals surface area contributed by atoms with Crippen LogP contribution in [0, 0.1) is 5.92 Å². The summed E-state index contributed by atoms with van der Waals surface area (Å²) in [5, 5.41) is 0. The van der Waals surface area contributed by atoms with E-state index in [-0.39, 0.29) is 12.4 Å². The fourth-order valence-corrected chi connectivity index (χ4v) is 0.719. The van der Waals surface area contributed by atoms with Gasteiger partial charge in [0.25, 0.3) is 0 Å². The summed E-state index contributed by atoms with van der Waals surface area (Å²) in [6, 6.07) is 0. The Balaban J connectivity index is 0. The number of rotatable bonds is 5. The van der Waals surface area contributed by atoms with Crippen molar-refractivity contribution in [2.75, 3.05) is 19.8 Å². The van der Waals surface area contributed by atoms with Crippen molar-refractivity contribution in [3.8, 4) is 0 Å². The first kappa shape index (κ1) is 14.2. The zero-order chi connectivity index (χ0) is 8.69. The molecule has 0 bridgehead atoms. The largest absolute Gasteiger partial charge is 0.466 e. The van der Waals surface area contributed by atoms with E-state index in [2.05, 4.69) is 4.74 Å². The third-order valence-electron chi connectivity index (χ3n) is 1.32. The normalized spacial score (nSPS) is 11.6. The standard InChI is InChI=1S/C7H14FNO2.ClH/c1-2-11-7(10)6(5-8)3-4-9;/h6H,2-5,9H2,1H3;1H. The lowest BCUT2D eigenvalue weighted by Crippen LogP contribution is -2.22. The Hall–Kier alpha value is -0.350. The molecule has 0 saturated carbocycles. The third kappa shape index (κ3) is 5.32. The van der Waals surface area contributed by atoms with E-state index in [1.807, 2.05) is 0 Å². The van der Waals surface area contributed by atoms with Crippen molar-refractivity contribution in [2.45, 2.75) is 13.3 Å². The summed E-state index contributed by atoms with van der Waals surface area (Å²) in [7, 11) is 0. The molecule has 1 unspecified atom stereocenters. The van der Waals surface area contributed by atoms with Crippen LogP contribution in [0.5, 0.6) is 0 Å². The third-order valence-corrected chi connectivity index (χ3v) is 1.32. The summed E-state index contributed by atoms with van der Waals surface area (Å²) in [6.45, 7) is 1.61. The molecule has 0 saturated heterocycles. The number of hydrogen-bond acceptors (Lipinski definition) is 3. The minimum absolute atomic E-state index is 0. The van der Waals surface area contributed by atoms with E-state index in [9.17, 15) is 9.18 Å². The zero-order valence-electron chi connectivity index (χ0n) is 7.09. The number of halogens is 2. The Morgan fingerprint density at radius 2 is 2.25 bits per heavy atom. The highest BCUT2D eigenvalue weighted by Crippen LogP contribution is 2.05. The molecule has 3 nitrogen and oxygen atoms in total. The van der Waals surface area contributed by atoms with Crippen LogP contribution in [0.1, 0.15) is 13.3 Å². The van der Waals surface area contributed by atoms with E-state index in [4.69, 9.17) is 5.73 Å². The monoisotopic (exact) mass is 199 g/mol. The summed E-state index contributed by atoms with van der Waals surface area (Å²) in [6.07, 6.45) is 0.356. The van der Waals surface area contributed by atoms with Crippen molar-refractivity contribution in [1.29, 1.82) is 0 Å². The number of carbonyl (C=O) groups is 1. The average Bonchev–Trinajstić information content (AvgIpc) is 2.00. The Kier molecular flexibility index (Phi) is 10.3. The smallest absolute Gasteiger partial charge is 0.311 e. The second kappa shape index (κ2) is 8.74. The molecule has 74 valence electrons. The average molecular weight is 200 g/mol. The number of esters is 1. The molecule has 0 amide bonds. The van der Waals surface area contributed by atoms with Crippen molar-refractivity contribution in [1.82, 2.24) is 0 Å². The quantitative estimate of drug-likeness (QED) is 0.670. The molecule has 5 heteroatoms. The predicted octanol–water partition coefficient (Wildman–Crippen LogP) is 0.906. The Morgan fingerprint density at radius 3 is 2.58 bits per heavy atom. The van der Waals surface area contributed by atoms with E-state index in [0.29, 0.717) is 19.6 Å². The van der Waals surface area contributed by atoms with Crippen LogP contribution in [0.4, 0.5) is 4.39 Å². The molecule has 12 heavy (non-hydrogen) atoms. The van der Waals surface area contributed by atoms with Gasteiger partial charge in [-0.1, -0.05) is 0 Å². The van der Waals surface area contributed by atoms with Gasteiger partial charge in [0.1, 0.15) is 6.67 Å². The summed E-state index contributed by atoms with van der Waals surface area (Å²) >= 11 is 0. The molecule has 0 aliphatic heterocycles. The fraction of sp³-hybridized carbons (Fsp3) is 0.857. The maximum Gasteiger partial charge on any atom is 0.311 e.